The van der Waals surface area contributed by atoms with Gasteiger partial charge in [0, 0.05) is 13.1 Å². The van der Waals surface area contributed by atoms with Gasteiger partial charge in [-0.15, -0.1) is 0 Å². The molecule has 1 aliphatic rings. The Kier molecular flexibility index (Phi) is 5.56. The fourth-order valence-corrected chi connectivity index (χ4v) is 2.96. The summed E-state index contributed by atoms with van der Waals surface area (Å²) in [5.41, 5.74) is 3.13. The lowest BCUT2D eigenvalue weighted by molar-refractivity contribution is 0.0946. The van der Waals surface area contributed by atoms with Crippen molar-refractivity contribution in [2.45, 2.75) is 13.0 Å². The van der Waals surface area contributed by atoms with Gasteiger partial charge in [0.2, 0.25) is 6.79 Å². The van der Waals surface area contributed by atoms with Gasteiger partial charge in [0.25, 0.3) is 5.91 Å². The molecular formula is C22H20FN3O3. The molecule has 0 fully saturated rings. The van der Waals surface area contributed by atoms with E-state index in [9.17, 15) is 9.18 Å². The van der Waals surface area contributed by atoms with E-state index in [0.29, 0.717) is 30.3 Å². The van der Waals surface area contributed by atoms with Crippen LogP contribution in [-0.4, -0.2) is 24.2 Å². The number of halogens is 1. The van der Waals surface area contributed by atoms with E-state index in [1.165, 1.54) is 12.1 Å². The Hall–Kier alpha value is -3.61. The monoisotopic (exact) mass is 393 g/mol. The lowest BCUT2D eigenvalue weighted by atomic mass is 10.1. The summed E-state index contributed by atoms with van der Waals surface area (Å²) >= 11 is 0. The minimum Gasteiger partial charge on any atom is -0.454 e. The highest BCUT2D eigenvalue weighted by Gasteiger charge is 2.14. The standard InChI is InChI=1S/C22H20FN3O3/c23-17-4-1-15(2-5-17)9-10-24-18-6-7-19(25-13-18)22(27)26-12-16-3-8-20-21(11-16)29-14-28-20/h1-8,11,13,24H,9-10,12,14H2,(H,26,27). The molecule has 0 bridgehead atoms. The average Bonchev–Trinajstić information content (AvgIpc) is 3.22. The summed E-state index contributed by atoms with van der Waals surface area (Å²) in [6.07, 6.45) is 2.39. The highest BCUT2D eigenvalue weighted by atomic mass is 19.1. The van der Waals surface area contributed by atoms with E-state index in [-0.39, 0.29) is 18.5 Å². The Bertz CT molecular complexity index is 991. The van der Waals surface area contributed by atoms with Crippen molar-refractivity contribution in [3.63, 3.8) is 0 Å². The van der Waals surface area contributed by atoms with Crippen molar-refractivity contribution in [1.82, 2.24) is 10.3 Å². The number of nitrogens with one attached hydrogen (secondary N) is 2. The zero-order valence-corrected chi connectivity index (χ0v) is 15.7. The van der Waals surface area contributed by atoms with E-state index in [0.717, 1.165) is 23.2 Å². The molecule has 2 aromatic carbocycles. The summed E-state index contributed by atoms with van der Waals surface area (Å²) < 4.78 is 23.5. The molecule has 6 nitrogen and oxygen atoms in total. The van der Waals surface area contributed by atoms with Crippen molar-refractivity contribution >= 4 is 11.6 Å². The number of benzene rings is 2. The predicted octanol–water partition coefficient (Wildman–Crippen LogP) is 3.53. The number of rotatable bonds is 7. The molecule has 0 saturated heterocycles. The maximum absolute atomic E-state index is 12.9. The molecule has 3 aromatic rings. The first-order valence-electron chi connectivity index (χ1n) is 9.28. The summed E-state index contributed by atoms with van der Waals surface area (Å²) in [7, 11) is 0. The van der Waals surface area contributed by atoms with Gasteiger partial charge in [-0.2, -0.15) is 0 Å². The molecule has 148 valence electrons. The topological polar surface area (TPSA) is 72.5 Å². The third kappa shape index (κ3) is 4.82. The molecule has 2 N–H and O–H groups in total. The lowest BCUT2D eigenvalue weighted by Gasteiger charge is -2.08. The minimum atomic E-state index is -0.250. The zero-order chi connectivity index (χ0) is 20.1. The first-order valence-corrected chi connectivity index (χ1v) is 9.28. The van der Waals surface area contributed by atoms with Gasteiger partial charge in [-0.05, 0) is 53.9 Å². The SMILES string of the molecule is O=C(NCc1ccc2c(c1)OCO2)c1ccc(NCCc2ccc(F)cc2)cn1. The van der Waals surface area contributed by atoms with Crippen molar-refractivity contribution in [2.75, 3.05) is 18.7 Å². The number of carbonyl (C=O) groups is 1. The van der Waals surface area contributed by atoms with Crippen LogP contribution in [0.15, 0.2) is 60.8 Å². The molecule has 29 heavy (non-hydrogen) atoms. The van der Waals surface area contributed by atoms with Gasteiger partial charge in [-0.25, -0.2) is 9.37 Å². The number of aromatic nitrogens is 1. The summed E-state index contributed by atoms with van der Waals surface area (Å²) in [6.45, 7) is 1.27. The molecule has 0 spiro atoms. The Balaban J connectivity index is 1.25. The van der Waals surface area contributed by atoms with E-state index in [1.807, 2.05) is 24.3 Å². The Morgan fingerprint density at radius 3 is 2.59 bits per heavy atom. The second-order valence-corrected chi connectivity index (χ2v) is 6.61. The molecule has 4 rings (SSSR count). The Morgan fingerprint density at radius 2 is 1.79 bits per heavy atom. The van der Waals surface area contributed by atoms with Gasteiger partial charge < -0.3 is 20.1 Å². The summed E-state index contributed by atoms with van der Waals surface area (Å²) in [4.78, 5) is 16.5. The van der Waals surface area contributed by atoms with Crippen LogP contribution in [0.25, 0.3) is 0 Å². The molecule has 1 amide bonds. The number of anilines is 1. The number of amides is 1. The number of hydrogen-bond donors (Lipinski definition) is 2. The molecule has 7 heteroatoms. The Morgan fingerprint density at radius 1 is 1.00 bits per heavy atom. The second kappa shape index (κ2) is 8.60. The second-order valence-electron chi connectivity index (χ2n) is 6.61. The minimum absolute atomic E-state index is 0.222. The van der Waals surface area contributed by atoms with Crippen LogP contribution in [0.3, 0.4) is 0 Å². The number of fused-ring (bicyclic) bond motifs is 1. The zero-order valence-electron chi connectivity index (χ0n) is 15.7. The van der Waals surface area contributed by atoms with Crippen LogP contribution in [0.1, 0.15) is 21.6 Å². The number of ether oxygens (including phenoxy) is 2. The molecule has 1 aliphatic heterocycles. The van der Waals surface area contributed by atoms with Gasteiger partial charge in [0.1, 0.15) is 11.5 Å². The molecule has 0 radical (unpaired) electrons. The normalized spacial score (nSPS) is 11.9. The van der Waals surface area contributed by atoms with Gasteiger partial charge in [0.15, 0.2) is 11.5 Å². The van der Waals surface area contributed by atoms with Gasteiger partial charge in [-0.1, -0.05) is 18.2 Å². The maximum Gasteiger partial charge on any atom is 0.270 e. The van der Waals surface area contributed by atoms with Crippen molar-refractivity contribution in [2.24, 2.45) is 0 Å². The van der Waals surface area contributed by atoms with E-state index >= 15 is 0 Å². The third-order valence-electron chi connectivity index (χ3n) is 4.54. The summed E-state index contributed by atoms with van der Waals surface area (Å²) in [6, 6.07) is 15.5. The van der Waals surface area contributed by atoms with Crippen molar-refractivity contribution < 1.29 is 18.7 Å². The van der Waals surface area contributed by atoms with Crippen LogP contribution in [-0.2, 0) is 13.0 Å². The highest BCUT2D eigenvalue weighted by molar-refractivity contribution is 5.92. The van der Waals surface area contributed by atoms with E-state index in [1.54, 1.807) is 24.4 Å². The van der Waals surface area contributed by atoms with Crippen molar-refractivity contribution in [3.05, 3.63) is 83.4 Å². The van der Waals surface area contributed by atoms with Crippen LogP contribution < -0.4 is 20.1 Å². The predicted molar refractivity (Wildman–Crippen MR) is 107 cm³/mol. The van der Waals surface area contributed by atoms with E-state index in [4.69, 9.17) is 9.47 Å². The van der Waals surface area contributed by atoms with Crippen LogP contribution in [0.2, 0.25) is 0 Å². The number of nitrogens with zero attached hydrogens (tertiary/aromatic N) is 1. The first-order chi connectivity index (χ1) is 14.2. The van der Waals surface area contributed by atoms with Crippen molar-refractivity contribution in [1.29, 1.82) is 0 Å². The molecular weight excluding hydrogens is 373 g/mol. The first kappa shape index (κ1) is 18.7. The van der Waals surface area contributed by atoms with Crippen LogP contribution >= 0.6 is 0 Å². The maximum atomic E-state index is 12.9. The largest absolute Gasteiger partial charge is 0.454 e. The molecule has 2 heterocycles. The molecule has 0 aliphatic carbocycles. The van der Waals surface area contributed by atoms with Crippen LogP contribution in [0.4, 0.5) is 10.1 Å². The highest BCUT2D eigenvalue weighted by Crippen LogP contribution is 2.32. The molecule has 0 saturated carbocycles. The Labute approximate surface area is 167 Å². The molecule has 1 aromatic heterocycles. The number of hydrogen-bond acceptors (Lipinski definition) is 5. The number of carbonyl (C=O) groups excluding carboxylic acids is 1. The quantitative estimate of drug-likeness (QED) is 0.643. The van der Waals surface area contributed by atoms with Gasteiger partial charge >= 0.3 is 0 Å². The van der Waals surface area contributed by atoms with Crippen molar-refractivity contribution in [3.8, 4) is 11.5 Å². The van der Waals surface area contributed by atoms with Gasteiger partial charge in [0.05, 0.1) is 11.9 Å². The third-order valence-corrected chi connectivity index (χ3v) is 4.54. The molecule has 0 unspecified atom stereocenters. The van der Waals surface area contributed by atoms with E-state index in [2.05, 4.69) is 15.6 Å². The van der Waals surface area contributed by atoms with Crippen LogP contribution in [0.5, 0.6) is 11.5 Å². The molecule has 0 atom stereocenters. The fraction of sp³-hybridized carbons (Fsp3) is 0.182. The van der Waals surface area contributed by atoms with E-state index < -0.39 is 0 Å². The summed E-state index contributed by atoms with van der Waals surface area (Å²) in [5, 5.41) is 6.09. The average molecular weight is 393 g/mol. The van der Waals surface area contributed by atoms with Gasteiger partial charge in [-0.3, -0.25) is 4.79 Å². The van der Waals surface area contributed by atoms with Crippen LogP contribution in [0, 0.1) is 5.82 Å². The number of pyridine rings is 1. The smallest absolute Gasteiger partial charge is 0.270 e. The fourth-order valence-electron chi connectivity index (χ4n) is 2.96. The lowest BCUT2D eigenvalue weighted by Crippen LogP contribution is -2.23. The summed E-state index contributed by atoms with van der Waals surface area (Å²) in [5.74, 6) is 0.911.